The molecule has 3 N–H and O–H groups in total. The molecule has 35 heavy (non-hydrogen) atoms. The number of hydrogen-bond donors (Lipinski definition) is 3. The summed E-state index contributed by atoms with van der Waals surface area (Å²) >= 11 is 0. The first-order chi connectivity index (χ1) is 16.5. The standard InChI is InChI=1S/C26H24F3N3O3/c1-4-21(26(27,28)29)15-23-16(2)30-25(32(23)35)20-10-12-22(13-11-20)31-24(34)14-7-18-5-8-19(9-6-18)17(3)33/h4-15,24,31,34-35H,2H2,1,3H3/b14-7+,21-4+,23-15+. The Labute approximate surface area is 199 Å². The number of nitrogens with zero attached hydrogens (tertiary/aromatic N) is 2. The number of imidazole rings is 1. The SMILES string of the molecule is C=c1nc(-c2ccc(NC(O)/C=C/c3ccc(C(C)=O)cc3)cc2)n(O)/c1=C/C(=C\C)C(F)(F)F. The monoisotopic (exact) mass is 483 g/mol. The van der Waals surface area contributed by atoms with Crippen LogP contribution in [0.4, 0.5) is 18.9 Å². The maximum atomic E-state index is 13.1. The predicted octanol–water partition coefficient (Wildman–Crippen LogP) is 4.13. The normalized spacial score (nSPS) is 13.9. The highest BCUT2D eigenvalue weighted by Crippen LogP contribution is 2.26. The summed E-state index contributed by atoms with van der Waals surface area (Å²) in [6.07, 6.45) is -0.673. The number of anilines is 1. The molecule has 0 spiro atoms. The van der Waals surface area contributed by atoms with Gasteiger partial charge < -0.3 is 15.6 Å². The third-order valence-corrected chi connectivity index (χ3v) is 5.14. The summed E-state index contributed by atoms with van der Waals surface area (Å²) in [4.78, 5) is 15.4. The molecule has 0 saturated heterocycles. The van der Waals surface area contributed by atoms with Gasteiger partial charge in [0, 0.05) is 16.8 Å². The first-order valence-electron chi connectivity index (χ1n) is 10.6. The second kappa shape index (κ2) is 10.4. The van der Waals surface area contributed by atoms with Crippen LogP contribution in [0.5, 0.6) is 0 Å². The van der Waals surface area contributed by atoms with Crippen LogP contribution >= 0.6 is 0 Å². The summed E-state index contributed by atoms with van der Waals surface area (Å²) < 4.78 is 39.8. The zero-order chi connectivity index (χ0) is 25.8. The van der Waals surface area contributed by atoms with Crippen LogP contribution in [-0.2, 0) is 0 Å². The van der Waals surface area contributed by atoms with Crippen LogP contribution in [0.3, 0.4) is 0 Å². The largest absolute Gasteiger partial charge is 0.426 e. The molecule has 0 aliphatic rings. The quantitative estimate of drug-likeness (QED) is 0.267. The number of rotatable bonds is 7. The average Bonchev–Trinajstić information content (AvgIpc) is 3.09. The van der Waals surface area contributed by atoms with Crippen LogP contribution in [0.25, 0.3) is 30.1 Å². The van der Waals surface area contributed by atoms with E-state index < -0.39 is 18.0 Å². The van der Waals surface area contributed by atoms with Gasteiger partial charge >= 0.3 is 6.18 Å². The topological polar surface area (TPSA) is 87.4 Å². The van der Waals surface area contributed by atoms with E-state index in [-0.39, 0.29) is 22.3 Å². The fraction of sp³-hybridized carbons (Fsp3) is 0.154. The van der Waals surface area contributed by atoms with E-state index in [1.54, 1.807) is 54.6 Å². The van der Waals surface area contributed by atoms with Crippen LogP contribution in [0.2, 0.25) is 0 Å². The van der Waals surface area contributed by atoms with Crippen molar-refractivity contribution in [3.8, 4) is 11.4 Å². The molecule has 1 heterocycles. The molecule has 6 nitrogen and oxygen atoms in total. The van der Waals surface area contributed by atoms with Gasteiger partial charge in [-0.1, -0.05) is 43.0 Å². The van der Waals surface area contributed by atoms with Gasteiger partial charge in [-0.3, -0.25) is 4.79 Å². The fourth-order valence-electron chi connectivity index (χ4n) is 3.24. The van der Waals surface area contributed by atoms with Gasteiger partial charge in [0.25, 0.3) is 0 Å². The summed E-state index contributed by atoms with van der Waals surface area (Å²) in [5.74, 6) is -0.00106. The zero-order valence-corrected chi connectivity index (χ0v) is 19.0. The molecule has 0 aliphatic carbocycles. The minimum Gasteiger partial charge on any atom is -0.426 e. The molecule has 1 unspecified atom stereocenters. The molecule has 0 radical (unpaired) electrons. The number of halogens is 3. The van der Waals surface area contributed by atoms with E-state index in [0.717, 1.165) is 17.7 Å². The van der Waals surface area contributed by atoms with Crippen molar-refractivity contribution in [3.63, 3.8) is 0 Å². The van der Waals surface area contributed by atoms with Gasteiger partial charge in [0.1, 0.15) is 11.6 Å². The van der Waals surface area contributed by atoms with Gasteiger partial charge in [0.05, 0.1) is 10.9 Å². The van der Waals surface area contributed by atoms with Crippen molar-refractivity contribution in [3.05, 3.63) is 88.1 Å². The van der Waals surface area contributed by atoms with E-state index in [9.17, 15) is 28.3 Å². The van der Waals surface area contributed by atoms with Gasteiger partial charge in [-0.05, 0) is 55.8 Å². The maximum Gasteiger partial charge on any atom is 0.416 e. The lowest BCUT2D eigenvalue weighted by atomic mass is 10.1. The Bertz CT molecular complexity index is 1370. The summed E-state index contributed by atoms with van der Waals surface area (Å²) in [5.41, 5.74) is 1.48. The molecule has 0 fully saturated rings. The lowest BCUT2D eigenvalue weighted by Crippen LogP contribution is -2.29. The van der Waals surface area contributed by atoms with E-state index in [1.165, 1.54) is 19.9 Å². The molecule has 182 valence electrons. The predicted molar refractivity (Wildman–Crippen MR) is 129 cm³/mol. The van der Waals surface area contributed by atoms with Crippen LogP contribution in [0.1, 0.15) is 29.8 Å². The van der Waals surface area contributed by atoms with E-state index in [0.29, 0.717) is 21.5 Å². The second-order valence-electron chi connectivity index (χ2n) is 7.67. The average molecular weight is 483 g/mol. The Balaban J connectivity index is 1.75. The van der Waals surface area contributed by atoms with Crippen LogP contribution in [0, 0.1) is 0 Å². The Hall–Kier alpha value is -4.11. The molecule has 1 atom stereocenters. The van der Waals surface area contributed by atoms with Gasteiger partial charge in [-0.15, -0.1) is 0 Å². The number of aromatic nitrogens is 2. The molecule has 0 saturated carbocycles. The number of nitrogens with one attached hydrogen (secondary N) is 1. The Morgan fingerprint density at radius 1 is 1.14 bits per heavy atom. The number of hydrogen-bond acceptors (Lipinski definition) is 5. The van der Waals surface area contributed by atoms with Crippen LogP contribution in [0.15, 0.2) is 66.3 Å². The summed E-state index contributed by atoms with van der Waals surface area (Å²) in [6.45, 7) is 6.36. The van der Waals surface area contributed by atoms with Crippen molar-refractivity contribution in [1.82, 2.24) is 9.71 Å². The van der Waals surface area contributed by atoms with Crippen molar-refractivity contribution in [2.24, 2.45) is 0 Å². The second-order valence-corrected chi connectivity index (χ2v) is 7.67. The number of carbonyl (C=O) groups is 1. The molecular weight excluding hydrogens is 459 g/mol. The summed E-state index contributed by atoms with van der Waals surface area (Å²) in [6, 6.07) is 13.4. The molecule has 0 amide bonds. The summed E-state index contributed by atoms with van der Waals surface area (Å²) in [7, 11) is 0. The number of allylic oxidation sites excluding steroid dienone is 2. The van der Waals surface area contributed by atoms with Gasteiger partial charge in [-0.2, -0.15) is 17.9 Å². The number of ketones is 1. The Kier molecular flexibility index (Phi) is 7.61. The lowest BCUT2D eigenvalue weighted by Gasteiger charge is -2.11. The highest BCUT2D eigenvalue weighted by molar-refractivity contribution is 5.94. The van der Waals surface area contributed by atoms with Crippen LogP contribution < -0.4 is 16.0 Å². The Morgan fingerprint density at radius 3 is 2.31 bits per heavy atom. The van der Waals surface area contributed by atoms with Crippen molar-refractivity contribution < 1.29 is 28.3 Å². The fourth-order valence-corrected chi connectivity index (χ4v) is 3.24. The molecule has 9 heteroatoms. The van der Waals surface area contributed by atoms with E-state index in [4.69, 9.17) is 0 Å². The summed E-state index contributed by atoms with van der Waals surface area (Å²) in [5, 5.41) is 23.3. The van der Waals surface area contributed by atoms with Gasteiger partial charge in [-0.25, -0.2) is 4.98 Å². The minimum absolute atomic E-state index is 0.00908. The lowest BCUT2D eigenvalue weighted by molar-refractivity contribution is -0.0867. The van der Waals surface area contributed by atoms with Crippen molar-refractivity contribution >= 4 is 30.2 Å². The van der Waals surface area contributed by atoms with Crippen molar-refractivity contribution in [1.29, 1.82) is 0 Å². The first kappa shape index (κ1) is 25.5. The third kappa shape index (κ3) is 6.27. The molecule has 0 bridgehead atoms. The highest BCUT2D eigenvalue weighted by atomic mass is 19.4. The molecule has 1 aromatic heterocycles. The van der Waals surface area contributed by atoms with E-state index in [1.807, 2.05) is 0 Å². The maximum absolute atomic E-state index is 13.1. The third-order valence-electron chi connectivity index (χ3n) is 5.14. The van der Waals surface area contributed by atoms with E-state index >= 15 is 0 Å². The number of alkyl halides is 3. The van der Waals surface area contributed by atoms with Crippen molar-refractivity contribution in [2.45, 2.75) is 26.3 Å². The number of Topliss-reactive ketones (excluding diaryl/α,β-unsaturated/α-hetero) is 1. The number of carbonyl (C=O) groups excluding carboxylic acids is 1. The van der Waals surface area contributed by atoms with Crippen molar-refractivity contribution in [2.75, 3.05) is 5.32 Å². The minimum atomic E-state index is -4.58. The van der Waals surface area contributed by atoms with E-state index in [2.05, 4.69) is 16.9 Å². The number of aliphatic hydroxyl groups is 1. The zero-order valence-electron chi connectivity index (χ0n) is 19.0. The molecular formula is C26H24F3N3O3. The highest BCUT2D eigenvalue weighted by Gasteiger charge is 2.31. The number of aliphatic hydroxyl groups excluding tert-OH is 1. The molecule has 2 aromatic carbocycles. The van der Waals surface area contributed by atoms with Gasteiger partial charge in [0.2, 0.25) is 0 Å². The first-order valence-corrected chi connectivity index (χ1v) is 10.6. The molecule has 0 aliphatic heterocycles. The Morgan fingerprint density at radius 2 is 1.77 bits per heavy atom. The van der Waals surface area contributed by atoms with Crippen LogP contribution in [-0.4, -0.2) is 38.2 Å². The smallest absolute Gasteiger partial charge is 0.416 e. The number of benzene rings is 2. The molecule has 3 aromatic rings. The molecule has 3 rings (SSSR count). The van der Waals surface area contributed by atoms with Gasteiger partial charge in [0.15, 0.2) is 11.6 Å².